The Kier molecular flexibility index (Phi) is 4.37. The van der Waals surface area contributed by atoms with Gasteiger partial charge in [-0.3, -0.25) is 9.59 Å². The van der Waals surface area contributed by atoms with Crippen LogP contribution >= 0.6 is 0 Å². The fourth-order valence-electron chi connectivity index (χ4n) is 1.60. The smallest absolute Gasteiger partial charge is 0.306 e. The highest BCUT2D eigenvalue weighted by Gasteiger charge is 2.20. The first-order valence-corrected chi connectivity index (χ1v) is 5.33. The molecule has 4 heteroatoms. The van der Waals surface area contributed by atoms with Gasteiger partial charge in [-0.05, 0) is 30.7 Å². The highest BCUT2D eigenvalue weighted by Crippen LogP contribution is 2.17. The molecule has 0 heterocycles. The molecule has 0 spiro atoms. The molecule has 1 rings (SSSR count). The molecule has 0 aliphatic carbocycles. The zero-order valence-corrected chi connectivity index (χ0v) is 10.1. The molecule has 17 heavy (non-hydrogen) atoms. The lowest BCUT2D eigenvalue weighted by Gasteiger charge is -2.11. The first-order valence-electron chi connectivity index (χ1n) is 5.33. The van der Waals surface area contributed by atoms with E-state index in [4.69, 9.17) is 0 Å². The third-order valence-corrected chi connectivity index (χ3v) is 2.60. The van der Waals surface area contributed by atoms with E-state index < -0.39 is 11.9 Å². The van der Waals surface area contributed by atoms with Crippen LogP contribution in [-0.4, -0.2) is 18.9 Å². The maximum absolute atomic E-state index is 12.9. The Balaban J connectivity index is 2.85. The van der Waals surface area contributed by atoms with E-state index in [1.807, 2.05) is 0 Å². The predicted octanol–water partition coefficient (Wildman–Crippen LogP) is 2.52. The topological polar surface area (TPSA) is 43.4 Å². The summed E-state index contributed by atoms with van der Waals surface area (Å²) in [5, 5.41) is 0. The Hall–Kier alpha value is -1.71. The average Bonchev–Trinajstić information content (AvgIpc) is 2.28. The lowest BCUT2D eigenvalue weighted by atomic mass is 9.93. The molecule has 0 aromatic heterocycles. The van der Waals surface area contributed by atoms with Crippen molar-refractivity contribution in [3.63, 3.8) is 0 Å². The van der Waals surface area contributed by atoms with Gasteiger partial charge in [-0.25, -0.2) is 4.39 Å². The summed E-state index contributed by atoms with van der Waals surface area (Å²) in [6, 6.07) is 3.99. The molecule has 0 aliphatic heterocycles. The zero-order valence-electron chi connectivity index (χ0n) is 10.1. The number of esters is 1. The lowest BCUT2D eigenvalue weighted by Crippen LogP contribution is -2.17. The molecular formula is C13H15FO3. The minimum atomic E-state index is -0.466. The van der Waals surface area contributed by atoms with Gasteiger partial charge < -0.3 is 4.74 Å². The summed E-state index contributed by atoms with van der Waals surface area (Å²) < 4.78 is 17.4. The number of hydrogen-bond acceptors (Lipinski definition) is 3. The average molecular weight is 238 g/mol. The number of hydrogen-bond donors (Lipinski definition) is 0. The molecule has 0 saturated carbocycles. The standard InChI is InChI=1S/C13H15FO3/c1-8-6-10(14)4-5-11(8)13(16)9(2)7-12(15)17-3/h4-6,9H,7H2,1-3H3. The number of carbonyl (C=O) groups is 2. The van der Waals surface area contributed by atoms with Crippen LogP contribution in [0.5, 0.6) is 0 Å². The number of ketones is 1. The van der Waals surface area contributed by atoms with Crippen molar-refractivity contribution in [3.05, 3.63) is 35.1 Å². The van der Waals surface area contributed by atoms with Crippen molar-refractivity contribution >= 4 is 11.8 Å². The molecule has 0 amide bonds. The first kappa shape index (κ1) is 13.4. The third-order valence-electron chi connectivity index (χ3n) is 2.60. The van der Waals surface area contributed by atoms with Gasteiger partial charge in [0.25, 0.3) is 0 Å². The second-order valence-electron chi connectivity index (χ2n) is 4.00. The van der Waals surface area contributed by atoms with Gasteiger partial charge >= 0.3 is 5.97 Å². The predicted molar refractivity (Wildman–Crippen MR) is 61.3 cm³/mol. The second kappa shape index (κ2) is 5.57. The molecule has 92 valence electrons. The lowest BCUT2D eigenvalue weighted by molar-refractivity contribution is -0.141. The van der Waals surface area contributed by atoms with Gasteiger partial charge in [0.2, 0.25) is 0 Å². The molecule has 1 aromatic rings. The van der Waals surface area contributed by atoms with Crippen LogP contribution in [0.15, 0.2) is 18.2 Å². The van der Waals surface area contributed by atoms with Gasteiger partial charge in [0, 0.05) is 11.5 Å². The van der Waals surface area contributed by atoms with Crippen molar-refractivity contribution in [3.8, 4) is 0 Å². The summed E-state index contributed by atoms with van der Waals surface area (Å²) in [5.74, 6) is -1.44. The number of rotatable bonds is 4. The van der Waals surface area contributed by atoms with Crippen molar-refractivity contribution in [2.45, 2.75) is 20.3 Å². The van der Waals surface area contributed by atoms with E-state index >= 15 is 0 Å². The van der Waals surface area contributed by atoms with E-state index in [1.54, 1.807) is 13.8 Å². The normalized spacial score (nSPS) is 12.0. The Bertz CT molecular complexity index is 440. The van der Waals surface area contributed by atoms with Gasteiger partial charge in [-0.15, -0.1) is 0 Å². The highest BCUT2D eigenvalue weighted by atomic mass is 19.1. The molecule has 0 radical (unpaired) electrons. The first-order chi connectivity index (χ1) is 7.95. The molecule has 1 unspecified atom stereocenters. The maximum atomic E-state index is 12.9. The van der Waals surface area contributed by atoms with Crippen LogP contribution in [0.25, 0.3) is 0 Å². The van der Waals surface area contributed by atoms with Gasteiger partial charge in [0.1, 0.15) is 5.82 Å². The van der Waals surface area contributed by atoms with Crippen LogP contribution in [-0.2, 0) is 9.53 Å². The van der Waals surface area contributed by atoms with E-state index in [0.717, 1.165) is 0 Å². The molecule has 1 aromatic carbocycles. The Morgan fingerprint density at radius 1 is 1.41 bits per heavy atom. The molecule has 0 saturated heterocycles. The maximum Gasteiger partial charge on any atom is 0.306 e. The fraction of sp³-hybridized carbons (Fsp3) is 0.385. The van der Waals surface area contributed by atoms with Crippen molar-refractivity contribution < 1.29 is 18.7 Å². The summed E-state index contributed by atoms with van der Waals surface area (Å²) in [4.78, 5) is 23.1. The molecule has 1 atom stereocenters. The van der Waals surface area contributed by atoms with Gasteiger partial charge in [0.15, 0.2) is 5.78 Å². The summed E-state index contributed by atoms with van der Waals surface area (Å²) in [6.45, 7) is 3.32. The summed E-state index contributed by atoms with van der Waals surface area (Å²) in [7, 11) is 1.28. The summed E-state index contributed by atoms with van der Waals surface area (Å²) in [6.07, 6.45) is 0.0339. The zero-order chi connectivity index (χ0) is 13.0. The molecule has 0 aliphatic rings. The van der Waals surface area contributed by atoms with E-state index in [2.05, 4.69) is 4.74 Å². The number of ether oxygens (including phenoxy) is 1. The fourth-order valence-corrected chi connectivity index (χ4v) is 1.60. The Morgan fingerprint density at radius 2 is 2.06 bits per heavy atom. The monoisotopic (exact) mass is 238 g/mol. The summed E-state index contributed by atoms with van der Waals surface area (Å²) in [5.41, 5.74) is 1.02. The molecule has 0 fully saturated rings. The number of methoxy groups -OCH3 is 1. The van der Waals surface area contributed by atoms with E-state index in [1.165, 1.54) is 25.3 Å². The largest absolute Gasteiger partial charge is 0.469 e. The Morgan fingerprint density at radius 3 is 2.59 bits per heavy atom. The van der Waals surface area contributed by atoms with E-state index in [0.29, 0.717) is 11.1 Å². The molecule has 0 bridgehead atoms. The summed E-state index contributed by atoms with van der Waals surface area (Å²) >= 11 is 0. The van der Waals surface area contributed by atoms with Crippen LogP contribution in [0.1, 0.15) is 29.3 Å². The number of carbonyl (C=O) groups excluding carboxylic acids is 2. The van der Waals surface area contributed by atoms with Crippen molar-refractivity contribution in [1.29, 1.82) is 0 Å². The van der Waals surface area contributed by atoms with Gasteiger partial charge in [-0.1, -0.05) is 6.92 Å². The molecule has 0 N–H and O–H groups in total. The molecule has 3 nitrogen and oxygen atoms in total. The van der Waals surface area contributed by atoms with Crippen LogP contribution in [0.3, 0.4) is 0 Å². The number of Topliss-reactive ketones (excluding diaryl/α,β-unsaturated/α-hetero) is 1. The highest BCUT2D eigenvalue weighted by molar-refractivity contribution is 6.00. The van der Waals surface area contributed by atoms with Crippen LogP contribution < -0.4 is 0 Å². The van der Waals surface area contributed by atoms with Crippen molar-refractivity contribution in [1.82, 2.24) is 0 Å². The van der Waals surface area contributed by atoms with Crippen molar-refractivity contribution in [2.75, 3.05) is 7.11 Å². The minimum absolute atomic E-state index is 0.0339. The van der Waals surface area contributed by atoms with E-state index in [9.17, 15) is 14.0 Å². The van der Waals surface area contributed by atoms with Gasteiger partial charge in [-0.2, -0.15) is 0 Å². The van der Waals surface area contributed by atoms with Crippen molar-refractivity contribution in [2.24, 2.45) is 5.92 Å². The van der Waals surface area contributed by atoms with Crippen LogP contribution in [0.2, 0.25) is 0 Å². The second-order valence-corrected chi connectivity index (χ2v) is 4.00. The third kappa shape index (κ3) is 3.37. The van der Waals surface area contributed by atoms with Crippen LogP contribution in [0.4, 0.5) is 4.39 Å². The molecular weight excluding hydrogens is 223 g/mol. The van der Waals surface area contributed by atoms with Crippen LogP contribution in [0, 0.1) is 18.7 Å². The quantitative estimate of drug-likeness (QED) is 0.598. The number of halogens is 1. The van der Waals surface area contributed by atoms with Gasteiger partial charge in [0.05, 0.1) is 13.5 Å². The number of benzene rings is 1. The number of aryl methyl sites for hydroxylation is 1. The van der Waals surface area contributed by atoms with E-state index in [-0.39, 0.29) is 18.0 Å². The SMILES string of the molecule is COC(=O)CC(C)C(=O)c1ccc(F)cc1C. The minimum Gasteiger partial charge on any atom is -0.469 e. The Labute approximate surface area is 99.6 Å².